The Bertz CT molecular complexity index is 391. The quantitative estimate of drug-likeness (QED) is 0.827. The highest BCUT2D eigenvalue weighted by molar-refractivity contribution is 5.91. The lowest BCUT2D eigenvalue weighted by Gasteiger charge is -2.32. The van der Waals surface area contributed by atoms with E-state index in [4.69, 9.17) is 4.74 Å². The Kier molecular flexibility index (Phi) is 4.37. The van der Waals surface area contributed by atoms with Crippen LogP contribution in [-0.2, 0) is 14.3 Å². The molecule has 0 aromatic heterocycles. The van der Waals surface area contributed by atoms with Crippen LogP contribution in [0.1, 0.15) is 46.5 Å². The normalized spacial score (nSPS) is 28.3. The zero-order valence-electron chi connectivity index (χ0n) is 12.9. The molecule has 2 unspecified atom stereocenters. The van der Waals surface area contributed by atoms with Gasteiger partial charge >= 0.3 is 0 Å². The van der Waals surface area contributed by atoms with E-state index in [-0.39, 0.29) is 29.5 Å². The molecule has 1 saturated heterocycles. The lowest BCUT2D eigenvalue weighted by molar-refractivity contribution is -0.136. The second kappa shape index (κ2) is 5.72. The van der Waals surface area contributed by atoms with Crippen LogP contribution >= 0.6 is 0 Å². The van der Waals surface area contributed by atoms with Crippen molar-refractivity contribution in [2.75, 3.05) is 13.7 Å². The maximum Gasteiger partial charge on any atom is 0.245 e. The van der Waals surface area contributed by atoms with Gasteiger partial charge in [-0.15, -0.1) is 0 Å². The average molecular weight is 282 g/mol. The first-order valence-electron chi connectivity index (χ1n) is 7.49. The van der Waals surface area contributed by atoms with Crippen molar-refractivity contribution in [2.45, 2.75) is 64.1 Å². The van der Waals surface area contributed by atoms with Crippen LogP contribution in [-0.4, -0.2) is 48.1 Å². The molecule has 1 aliphatic carbocycles. The van der Waals surface area contributed by atoms with Crippen molar-refractivity contribution < 1.29 is 14.3 Å². The molecule has 2 rings (SSSR count). The van der Waals surface area contributed by atoms with Gasteiger partial charge in [-0.2, -0.15) is 0 Å². The van der Waals surface area contributed by atoms with E-state index in [1.165, 1.54) is 0 Å². The maximum absolute atomic E-state index is 12.7. The zero-order valence-corrected chi connectivity index (χ0v) is 12.9. The summed E-state index contributed by atoms with van der Waals surface area (Å²) in [6.45, 7) is 6.62. The molecule has 1 saturated carbocycles. The SMILES string of the molecule is COC(C)(C)CCN1C(=O)C(C2CC2)NC(=O)CC1C. The lowest BCUT2D eigenvalue weighted by Crippen LogP contribution is -2.48. The molecule has 1 heterocycles. The number of carbonyl (C=O) groups excluding carboxylic acids is 2. The molecule has 1 aliphatic heterocycles. The Morgan fingerprint density at radius 2 is 2.00 bits per heavy atom. The highest BCUT2D eigenvalue weighted by atomic mass is 16.5. The van der Waals surface area contributed by atoms with Crippen molar-refractivity contribution >= 4 is 11.8 Å². The highest BCUT2D eigenvalue weighted by Gasteiger charge is 2.42. The van der Waals surface area contributed by atoms with Crippen LogP contribution in [0.4, 0.5) is 0 Å². The summed E-state index contributed by atoms with van der Waals surface area (Å²) in [5, 5.41) is 2.90. The fraction of sp³-hybridized carbons (Fsp3) is 0.867. The molecule has 0 radical (unpaired) electrons. The Morgan fingerprint density at radius 3 is 2.55 bits per heavy atom. The molecular weight excluding hydrogens is 256 g/mol. The van der Waals surface area contributed by atoms with Crippen molar-refractivity contribution in [1.82, 2.24) is 10.2 Å². The summed E-state index contributed by atoms with van der Waals surface area (Å²) in [7, 11) is 1.69. The minimum Gasteiger partial charge on any atom is -0.379 e. The second-order valence-corrected chi connectivity index (χ2v) is 6.68. The summed E-state index contributed by atoms with van der Waals surface area (Å²) >= 11 is 0. The van der Waals surface area contributed by atoms with Crippen molar-refractivity contribution in [3.8, 4) is 0 Å². The third kappa shape index (κ3) is 3.51. The number of rotatable bonds is 5. The summed E-state index contributed by atoms with van der Waals surface area (Å²) in [4.78, 5) is 26.4. The molecule has 1 N–H and O–H groups in total. The first-order chi connectivity index (χ1) is 9.34. The van der Waals surface area contributed by atoms with Crippen LogP contribution in [0.15, 0.2) is 0 Å². The fourth-order valence-electron chi connectivity index (χ4n) is 2.64. The van der Waals surface area contributed by atoms with Gasteiger partial charge in [0.15, 0.2) is 0 Å². The predicted molar refractivity (Wildman–Crippen MR) is 76.2 cm³/mol. The fourth-order valence-corrected chi connectivity index (χ4v) is 2.64. The number of ether oxygens (including phenoxy) is 1. The largest absolute Gasteiger partial charge is 0.379 e. The topological polar surface area (TPSA) is 58.6 Å². The van der Waals surface area contributed by atoms with E-state index in [0.29, 0.717) is 18.9 Å². The van der Waals surface area contributed by atoms with Crippen LogP contribution in [0, 0.1) is 5.92 Å². The zero-order chi connectivity index (χ0) is 14.9. The van der Waals surface area contributed by atoms with Gasteiger partial charge in [0, 0.05) is 26.1 Å². The number of amides is 2. The average Bonchev–Trinajstić information content (AvgIpc) is 3.19. The minimum atomic E-state index is -0.307. The van der Waals surface area contributed by atoms with Crippen LogP contribution in [0.25, 0.3) is 0 Å². The smallest absolute Gasteiger partial charge is 0.245 e. The summed E-state index contributed by atoms with van der Waals surface area (Å²) in [6.07, 6.45) is 3.25. The molecule has 0 spiro atoms. The van der Waals surface area contributed by atoms with Gasteiger partial charge in [0.25, 0.3) is 0 Å². The Balaban J connectivity index is 2.07. The highest BCUT2D eigenvalue weighted by Crippen LogP contribution is 2.35. The molecule has 0 aromatic carbocycles. The molecule has 0 aromatic rings. The summed E-state index contributed by atoms with van der Waals surface area (Å²) in [6, 6.07) is -0.350. The van der Waals surface area contributed by atoms with Crippen LogP contribution in [0.3, 0.4) is 0 Å². The molecule has 114 valence electrons. The molecule has 2 amide bonds. The van der Waals surface area contributed by atoms with E-state index in [0.717, 1.165) is 19.3 Å². The summed E-state index contributed by atoms with van der Waals surface area (Å²) in [5.41, 5.74) is -0.251. The van der Waals surface area contributed by atoms with Crippen molar-refractivity contribution in [3.05, 3.63) is 0 Å². The van der Waals surface area contributed by atoms with Crippen molar-refractivity contribution in [3.63, 3.8) is 0 Å². The number of hydrogen-bond acceptors (Lipinski definition) is 3. The number of nitrogens with zero attached hydrogens (tertiary/aromatic N) is 1. The van der Waals surface area contributed by atoms with Crippen LogP contribution < -0.4 is 5.32 Å². The van der Waals surface area contributed by atoms with Gasteiger partial charge in [-0.3, -0.25) is 9.59 Å². The molecule has 5 heteroatoms. The number of methoxy groups -OCH3 is 1. The summed E-state index contributed by atoms with van der Waals surface area (Å²) < 4.78 is 5.42. The van der Waals surface area contributed by atoms with Crippen LogP contribution in [0.5, 0.6) is 0 Å². The van der Waals surface area contributed by atoms with Crippen molar-refractivity contribution in [1.29, 1.82) is 0 Å². The molecule has 0 bridgehead atoms. The lowest BCUT2D eigenvalue weighted by atomic mass is 10.0. The van der Waals surface area contributed by atoms with Gasteiger partial charge in [0.1, 0.15) is 6.04 Å². The summed E-state index contributed by atoms with van der Waals surface area (Å²) in [5.74, 6) is 0.420. The first kappa shape index (κ1) is 15.3. The molecular formula is C15H26N2O3. The van der Waals surface area contributed by atoms with Gasteiger partial charge in [-0.25, -0.2) is 0 Å². The standard InChI is InChI=1S/C15H26N2O3/c1-10-9-12(18)16-13(11-5-6-11)14(19)17(10)8-7-15(2,3)20-4/h10-11,13H,5-9H2,1-4H3,(H,16,18). The van der Waals surface area contributed by atoms with E-state index in [1.807, 2.05) is 25.7 Å². The van der Waals surface area contributed by atoms with Gasteiger partial charge in [0.05, 0.1) is 5.60 Å². The van der Waals surface area contributed by atoms with Gasteiger partial charge < -0.3 is 15.0 Å². The molecule has 2 fully saturated rings. The molecule has 20 heavy (non-hydrogen) atoms. The van der Waals surface area contributed by atoms with E-state index in [9.17, 15) is 9.59 Å². The van der Waals surface area contributed by atoms with E-state index in [2.05, 4.69) is 5.32 Å². The molecule has 5 nitrogen and oxygen atoms in total. The Morgan fingerprint density at radius 1 is 1.35 bits per heavy atom. The monoisotopic (exact) mass is 282 g/mol. The number of carbonyl (C=O) groups is 2. The van der Waals surface area contributed by atoms with Gasteiger partial charge in [0.2, 0.25) is 11.8 Å². The third-order valence-corrected chi connectivity index (χ3v) is 4.48. The molecule has 2 atom stereocenters. The van der Waals surface area contributed by atoms with E-state index in [1.54, 1.807) is 7.11 Å². The first-order valence-corrected chi connectivity index (χ1v) is 7.49. The maximum atomic E-state index is 12.7. The van der Waals surface area contributed by atoms with Crippen molar-refractivity contribution in [2.24, 2.45) is 5.92 Å². The second-order valence-electron chi connectivity index (χ2n) is 6.68. The number of hydrogen-bond donors (Lipinski definition) is 1. The minimum absolute atomic E-state index is 0.00347. The number of nitrogens with one attached hydrogen (secondary N) is 1. The van der Waals surface area contributed by atoms with Gasteiger partial charge in [-0.1, -0.05) is 0 Å². The van der Waals surface area contributed by atoms with E-state index < -0.39 is 0 Å². The van der Waals surface area contributed by atoms with E-state index >= 15 is 0 Å². The molecule has 2 aliphatic rings. The predicted octanol–water partition coefficient (Wildman–Crippen LogP) is 1.32. The Hall–Kier alpha value is -1.10. The van der Waals surface area contributed by atoms with Gasteiger partial charge in [-0.05, 0) is 46.0 Å². The third-order valence-electron chi connectivity index (χ3n) is 4.48. The Labute approximate surface area is 121 Å². The van der Waals surface area contributed by atoms with Crippen LogP contribution in [0.2, 0.25) is 0 Å².